The van der Waals surface area contributed by atoms with E-state index in [2.05, 4.69) is 42.4 Å². The lowest BCUT2D eigenvalue weighted by molar-refractivity contribution is -0.113. The van der Waals surface area contributed by atoms with Gasteiger partial charge in [-0.1, -0.05) is 45.0 Å². The molecule has 1 unspecified atom stereocenters. The minimum Gasteiger partial charge on any atom is -0.316 e. The van der Waals surface area contributed by atoms with Gasteiger partial charge >= 0.3 is 0 Å². The second-order valence-electron chi connectivity index (χ2n) is 8.35. The number of nitriles is 1. The summed E-state index contributed by atoms with van der Waals surface area (Å²) < 4.78 is 1.86. The van der Waals surface area contributed by atoms with Gasteiger partial charge in [0.1, 0.15) is 11.1 Å². The third-order valence-electron chi connectivity index (χ3n) is 6.26. The highest BCUT2D eigenvalue weighted by Gasteiger charge is 2.34. The summed E-state index contributed by atoms with van der Waals surface area (Å²) in [5, 5.41) is 22.3. The van der Waals surface area contributed by atoms with Crippen LogP contribution in [-0.4, -0.2) is 26.3 Å². The SMILES string of the molecule is CCC(C)(C)C1CCc2c(sc(NC(=O)CSc3nnc4ccccn34)c2C#N)C1. The van der Waals surface area contributed by atoms with Crippen LogP contribution in [0.15, 0.2) is 29.6 Å². The smallest absolute Gasteiger partial charge is 0.235 e. The predicted octanol–water partition coefficient (Wildman–Crippen LogP) is 4.93. The Morgan fingerprint density at radius 1 is 1.43 bits per heavy atom. The number of anilines is 1. The molecule has 0 fully saturated rings. The zero-order valence-electron chi connectivity index (χ0n) is 17.4. The van der Waals surface area contributed by atoms with E-state index in [1.165, 1.54) is 16.6 Å². The Hall–Kier alpha value is -2.37. The van der Waals surface area contributed by atoms with Gasteiger partial charge in [-0.05, 0) is 48.3 Å². The van der Waals surface area contributed by atoms with E-state index in [1.807, 2.05) is 28.8 Å². The zero-order chi connectivity index (χ0) is 21.3. The molecular formula is C22H25N5OS2. The number of nitrogens with one attached hydrogen (secondary N) is 1. The fraction of sp³-hybridized carbons (Fsp3) is 0.455. The molecule has 156 valence electrons. The van der Waals surface area contributed by atoms with E-state index >= 15 is 0 Å². The quantitative estimate of drug-likeness (QED) is 0.550. The summed E-state index contributed by atoms with van der Waals surface area (Å²) in [6.45, 7) is 6.90. The minimum absolute atomic E-state index is 0.131. The van der Waals surface area contributed by atoms with Gasteiger partial charge in [-0.15, -0.1) is 21.5 Å². The van der Waals surface area contributed by atoms with Crippen LogP contribution in [0.4, 0.5) is 5.00 Å². The van der Waals surface area contributed by atoms with Crippen LogP contribution in [0, 0.1) is 22.7 Å². The van der Waals surface area contributed by atoms with Gasteiger partial charge in [0.2, 0.25) is 5.91 Å². The number of thiophene rings is 1. The predicted molar refractivity (Wildman–Crippen MR) is 121 cm³/mol. The molecule has 3 heterocycles. The number of aromatic nitrogens is 3. The van der Waals surface area contributed by atoms with Crippen LogP contribution in [0.5, 0.6) is 0 Å². The lowest BCUT2D eigenvalue weighted by Gasteiger charge is -2.36. The number of fused-ring (bicyclic) bond motifs is 2. The minimum atomic E-state index is -0.131. The van der Waals surface area contributed by atoms with E-state index in [0.717, 1.165) is 36.9 Å². The van der Waals surface area contributed by atoms with Gasteiger partial charge in [-0.3, -0.25) is 9.20 Å². The summed E-state index contributed by atoms with van der Waals surface area (Å²) in [5.74, 6) is 0.697. The van der Waals surface area contributed by atoms with Crippen LogP contribution in [0.3, 0.4) is 0 Å². The molecule has 1 aliphatic rings. The second-order valence-corrected chi connectivity index (χ2v) is 10.4. The Morgan fingerprint density at radius 2 is 2.27 bits per heavy atom. The zero-order valence-corrected chi connectivity index (χ0v) is 19.1. The molecule has 1 atom stereocenters. The maximum atomic E-state index is 12.6. The standard InChI is InChI=1S/C22H25N5OS2/c1-4-22(2,3)14-8-9-15-16(12-23)20(30-17(15)11-14)24-19(28)13-29-21-26-25-18-7-5-6-10-27(18)21/h5-7,10,14H,4,8-9,11,13H2,1-3H3,(H,24,28). The summed E-state index contributed by atoms with van der Waals surface area (Å²) in [6, 6.07) is 8.02. The second kappa shape index (κ2) is 8.40. The molecule has 3 aromatic rings. The van der Waals surface area contributed by atoms with Gasteiger partial charge < -0.3 is 5.32 Å². The van der Waals surface area contributed by atoms with Crippen LogP contribution in [-0.2, 0) is 17.6 Å². The van der Waals surface area contributed by atoms with Crippen molar-refractivity contribution in [3.8, 4) is 6.07 Å². The van der Waals surface area contributed by atoms with Crippen molar-refractivity contribution in [2.45, 2.75) is 51.6 Å². The summed E-state index contributed by atoms with van der Waals surface area (Å²) in [6.07, 6.45) is 6.03. The average molecular weight is 440 g/mol. The molecule has 1 N–H and O–H groups in total. The monoisotopic (exact) mass is 439 g/mol. The highest BCUT2D eigenvalue weighted by atomic mass is 32.2. The highest BCUT2D eigenvalue weighted by Crippen LogP contribution is 2.45. The number of hydrogen-bond donors (Lipinski definition) is 1. The Morgan fingerprint density at radius 3 is 3.03 bits per heavy atom. The van der Waals surface area contributed by atoms with Gasteiger partial charge in [0, 0.05) is 11.1 Å². The maximum absolute atomic E-state index is 12.6. The summed E-state index contributed by atoms with van der Waals surface area (Å²) >= 11 is 2.91. The normalized spacial score (nSPS) is 16.3. The molecule has 0 spiro atoms. The molecule has 0 bridgehead atoms. The fourth-order valence-electron chi connectivity index (χ4n) is 3.96. The molecule has 3 aromatic heterocycles. The Bertz CT molecular complexity index is 1120. The van der Waals surface area contributed by atoms with Crippen LogP contribution in [0.2, 0.25) is 0 Å². The molecule has 1 aliphatic carbocycles. The molecule has 0 radical (unpaired) electrons. The molecule has 4 rings (SSSR count). The Balaban J connectivity index is 1.46. The molecule has 0 aromatic carbocycles. The molecule has 6 nitrogen and oxygen atoms in total. The molecule has 0 saturated heterocycles. The van der Waals surface area contributed by atoms with Crippen molar-refractivity contribution in [2.75, 3.05) is 11.1 Å². The number of carbonyl (C=O) groups excluding carboxylic acids is 1. The van der Waals surface area contributed by atoms with Gasteiger partial charge in [0.25, 0.3) is 0 Å². The fourth-order valence-corrected chi connectivity index (χ4v) is 5.98. The molecule has 0 saturated carbocycles. The van der Waals surface area contributed by atoms with Crippen molar-refractivity contribution >= 4 is 39.7 Å². The number of amides is 1. The van der Waals surface area contributed by atoms with Crippen molar-refractivity contribution in [1.82, 2.24) is 14.6 Å². The number of thioether (sulfide) groups is 1. The molecule has 8 heteroatoms. The Kier molecular flexibility index (Phi) is 5.85. The van der Waals surface area contributed by atoms with Gasteiger partial charge in [0.05, 0.1) is 11.3 Å². The largest absolute Gasteiger partial charge is 0.316 e. The van der Waals surface area contributed by atoms with E-state index in [9.17, 15) is 10.1 Å². The van der Waals surface area contributed by atoms with Crippen LogP contribution in [0.1, 0.15) is 49.6 Å². The Labute approximate surface area is 184 Å². The lowest BCUT2D eigenvalue weighted by Crippen LogP contribution is -2.28. The maximum Gasteiger partial charge on any atom is 0.235 e. The van der Waals surface area contributed by atoms with E-state index in [-0.39, 0.29) is 17.1 Å². The van der Waals surface area contributed by atoms with Gasteiger partial charge in [-0.25, -0.2) is 0 Å². The number of rotatable bonds is 6. The lowest BCUT2D eigenvalue weighted by atomic mass is 9.69. The summed E-state index contributed by atoms with van der Waals surface area (Å²) in [5.41, 5.74) is 2.82. The first-order valence-electron chi connectivity index (χ1n) is 10.2. The first-order chi connectivity index (χ1) is 14.4. The van der Waals surface area contributed by atoms with Crippen molar-refractivity contribution in [1.29, 1.82) is 5.26 Å². The highest BCUT2D eigenvalue weighted by molar-refractivity contribution is 7.99. The number of hydrogen-bond acceptors (Lipinski definition) is 6. The van der Waals surface area contributed by atoms with Crippen molar-refractivity contribution in [2.24, 2.45) is 11.3 Å². The number of nitrogens with zero attached hydrogens (tertiary/aromatic N) is 4. The van der Waals surface area contributed by atoms with E-state index in [0.29, 0.717) is 21.6 Å². The van der Waals surface area contributed by atoms with E-state index in [4.69, 9.17) is 0 Å². The first kappa shape index (κ1) is 20.9. The third kappa shape index (κ3) is 3.96. The molecular weight excluding hydrogens is 414 g/mol. The topological polar surface area (TPSA) is 83.1 Å². The first-order valence-corrected chi connectivity index (χ1v) is 12.0. The molecule has 1 amide bonds. The van der Waals surface area contributed by atoms with Gasteiger partial charge in [-0.2, -0.15) is 5.26 Å². The van der Waals surface area contributed by atoms with Crippen molar-refractivity contribution < 1.29 is 4.79 Å². The third-order valence-corrected chi connectivity index (χ3v) is 8.37. The van der Waals surface area contributed by atoms with Crippen molar-refractivity contribution in [3.05, 3.63) is 40.4 Å². The summed E-state index contributed by atoms with van der Waals surface area (Å²) in [4.78, 5) is 13.9. The number of carbonyl (C=O) groups is 1. The molecule has 30 heavy (non-hydrogen) atoms. The summed E-state index contributed by atoms with van der Waals surface area (Å²) in [7, 11) is 0. The van der Waals surface area contributed by atoms with E-state index < -0.39 is 0 Å². The van der Waals surface area contributed by atoms with E-state index in [1.54, 1.807) is 11.3 Å². The number of pyridine rings is 1. The van der Waals surface area contributed by atoms with Crippen LogP contribution < -0.4 is 5.32 Å². The molecule has 0 aliphatic heterocycles. The van der Waals surface area contributed by atoms with Gasteiger partial charge in [0.15, 0.2) is 10.8 Å². The van der Waals surface area contributed by atoms with Crippen LogP contribution in [0.25, 0.3) is 5.65 Å². The van der Waals surface area contributed by atoms with Crippen molar-refractivity contribution in [3.63, 3.8) is 0 Å². The van der Waals surface area contributed by atoms with Crippen LogP contribution >= 0.6 is 23.1 Å². The average Bonchev–Trinajstić information content (AvgIpc) is 3.32.